The molecule has 0 N–H and O–H groups in total. The number of aliphatic imine (C=N–C) groups is 1. The number of furan rings is 1. The number of hydrogen-bond acceptors (Lipinski definition) is 3. The minimum Gasteiger partial charge on any atom is -0.501 e. The van der Waals surface area contributed by atoms with Gasteiger partial charge in [-0.2, -0.15) is 0 Å². The number of benzene rings is 5. The van der Waals surface area contributed by atoms with Gasteiger partial charge in [-0.05, 0) is 83.5 Å². The molecule has 1 unspecified atom stereocenters. The summed E-state index contributed by atoms with van der Waals surface area (Å²) in [6.07, 6.45) is 0.269. The number of pyridine rings is 1. The standard InChI is InChI=1S/C29H22NO.C20H28NSi.Ir/c1-17-15-18(2)26(19(3)16-17)27-22-10-4-6-13-24(22)30-28(27)23-12-8-11-21-20-9-5-7-14-25(20)31-29(21)23;1-15-8-10-16(11-9-15)18-12-17(13-20(2,3)4)19(14-21-18)22(5,6)7;/h4-11,13-16,27H,1-3H3;8-10,12,14H,13H2,1-7H3;/q2*-1;/i;1D3,13D2;. The van der Waals surface area contributed by atoms with Crippen molar-refractivity contribution in [2.24, 2.45) is 10.4 Å². The van der Waals surface area contributed by atoms with Crippen LogP contribution in [0.2, 0.25) is 19.6 Å². The molecule has 5 aromatic carbocycles. The van der Waals surface area contributed by atoms with E-state index < -0.39 is 26.7 Å². The van der Waals surface area contributed by atoms with E-state index in [1.807, 2.05) is 45.0 Å². The summed E-state index contributed by atoms with van der Waals surface area (Å²) in [6, 6.07) is 38.3. The first-order valence-corrected chi connectivity index (χ1v) is 21.8. The SMILES string of the molecule is Cc1cc(C)c(C2C(c3[c-]ccc4c3oc3ccccc34)=Nc3ccccc32)c(C)c1.[2H]C([2H])([2H])c1c[c-]c(-c2cc(C([2H])([2H])C(C)(C)C)c([Si](C)(C)C)cn2)cc1.[Ir]. The number of para-hydroxylation sites is 2. The molecule has 5 heteroatoms. The Morgan fingerprint density at radius 3 is 2.26 bits per heavy atom. The number of fused-ring (bicyclic) bond motifs is 4. The number of aromatic nitrogens is 1. The van der Waals surface area contributed by atoms with E-state index in [4.69, 9.17) is 16.3 Å². The number of nitrogens with zero attached hydrogens (tertiary/aromatic N) is 2. The maximum Gasteiger partial charge on any atom is 0.120 e. The molecule has 0 amide bonds. The molecule has 8 rings (SSSR count). The molecule has 7 aromatic rings. The number of aryl methyl sites for hydroxylation is 4. The van der Waals surface area contributed by atoms with E-state index in [9.17, 15) is 0 Å². The smallest absolute Gasteiger partial charge is 0.120 e. The fourth-order valence-electron chi connectivity index (χ4n) is 7.49. The molecular weight excluding hydrogens is 853 g/mol. The molecule has 1 aliphatic rings. The van der Waals surface area contributed by atoms with Crippen molar-refractivity contribution in [2.75, 3.05) is 0 Å². The van der Waals surface area contributed by atoms with Crippen LogP contribution in [0.15, 0.2) is 113 Å². The fourth-order valence-corrected chi connectivity index (χ4v) is 8.88. The Labute approximate surface area is 343 Å². The zero-order chi connectivity index (χ0) is 41.9. The Bertz CT molecular complexity index is 2680. The van der Waals surface area contributed by atoms with Gasteiger partial charge in [0.2, 0.25) is 0 Å². The van der Waals surface area contributed by atoms with E-state index in [1.165, 1.54) is 33.9 Å². The maximum absolute atomic E-state index is 8.79. The Kier molecular flexibility index (Phi) is 9.39. The monoisotopic (exact) mass is 908 g/mol. The largest absolute Gasteiger partial charge is 0.501 e. The van der Waals surface area contributed by atoms with Gasteiger partial charge in [0.1, 0.15) is 5.58 Å². The van der Waals surface area contributed by atoms with Gasteiger partial charge in [-0.15, -0.1) is 53.6 Å². The molecule has 1 atom stereocenters. The summed E-state index contributed by atoms with van der Waals surface area (Å²) in [6.45, 7) is 16.7. The molecule has 3 nitrogen and oxygen atoms in total. The van der Waals surface area contributed by atoms with Crippen molar-refractivity contribution in [3.05, 3.63) is 160 Å². The average Bonchev–Trinajstić information content (AvgIpc) is 3.72. The third kappa shape index (κ3) is 8.00. The van der Waals surface area contributed by atoms with E-state index in [1.54, 1.807) is 18.3 Å². The van der Waals surface area contributed by atoms with Crippen LogP contribution in [-0.2, 0) is 26.5 Å². The summed E-state index contributed by atoms with van der Waals surface area (Å²) in [5.74, 6) is 0.0619. The first kappa shape index (κ1) is 33.0. The Morgan fingerprint density at radius 1 is 0.852 bits per heavy atom. The van der Waals surface area contributed by atoms with E-state index in [0.29, 0.717) is 16.8 Å². The average molecular weight is 908 g/mol. The van der Waals surface area contributed by atoms with Crippen LogP contribution >= 0.6 is 0 Å². The first-order valence-electron chi connectivity index (χ1n) is 20.8. The molecule has 2 aromatic heterocycles. The number of rotatable bonds is 5. The molecule has 0 bridgehead atoms. The third-order valence-corrected chi connectivity index (χ3v) is 11.7. The van der Waals surface area contributed by atoms with Gasteiger partial charge in [0.25, 0.3) is 0 Å². The molecule has 1 aliphatic heterocycles. The fraction of sp³-hybridized carbons (Fsp3) is 0.265. The summed E-state index contributed by atoms with van der Waals surface area (Å²) < 4.78 is 46.4. The summed E-state index contributed by atoms with van der Waals surface area (Å²) >= 11 is 0. The summed E-state index contributed by atoms with van der Waals surface area (Å²) in [5.41, 5.74) is 12.8. The van der Waals surface area contributed by atoms with Gasteiger partial charge in [0.05, 0.1) is 19.3 Å². The Morgan fingerprint density at radius 2 is 1.57 bits per heavy atom. The van der Waals surface area contributed by atoms with Crippen LogP contribution < -0.4 is 5.19 Å². The summed E-state index contributed by atoms with van der Waals surface area (Å²) in [5, 5.41) is 3.24. The van der Waals surface area contributed by atoms with Crippen LogP contribution in [0.1, 0.15) is 78.1 Å². The van der Waals surface area contributed by atoms with Gasteiger partial charge < -0.3 is 9.40 Å². The van der Waals surface area contributed by atoms with Gasteiger partial charge in [0, 0.05) is 44.5 Å². The third-order valence-electron chi connectivity index (χ3n) is 9.69. The zero-order valence-electron chi connectivity index (χ0n) is 37.5. The summed E-state index contributed by atoms with van der Waals surface area (Å²) in [4.78, 5) is 9.69. The molecule has 0 saturated heterocycles. The molecule has 3 heterocycles. The number of hydrogen-bond donors (Lipinski definition) is 0. The van der Waals surface area contributed by atoms with Crippen molar-refractivity contribution in [3.8, 4) is 11.3 Å². The predicted molar refractivity (Wildman–Crippen MR) is 227 cm³/mol. The van der Waals surface area contributed by atoms with Gasteiger partial charge in [-0.25, -0.2) is 0 Å². The topological polar surface area (TPSA) is 38.4 Å². The van der Waals surface area contributed by atoms with Crippen molar-refractivity contribution in [1.82, 2.24) is 4.98 Å². The Balaban J connectivity index is 0.000000198. The van der Waals surface area contributed by atoms with Crippen LogP contribution in [0.5, 0.6) is 0 Å². The molecule has 0 fully saturated rings. The predicted octanol–water partition coefficient (Wildman–Crippen LogP) is 12.6. The maximum atomic E-state index is 8.79. The molecule has 0 aliphatic carbocycles. The molecule has 1 radical (unpaired) electrons. The molecule has 54 heavy (non-hydrogen) atoms. The normalized spacial score (nSPS) is 15.8. The molecule has 277 valence electrons. The van der Waals surface area contributed by atoms with Crippen molar-refractivity contribution < 1.29 is 31.4 Å². The second kappa shape index (κ2) is 15.4. The van der Waals surface area contributed by atoms with Gasteiger partial charge in [-0.1, -0.05) is 124 Å². The van der Waals surface area contributed by atoms with E-state index in [2.05, 4.69) is 112 Å². The van der Waals surface area contributed by atoms with Crippen LogP contribution in [-0.4, -0.2) is 18.8 Å². The van der Waals surface area contributed by atoms with E-state index >= 15 is 0 Å². The van der Waals surface area contributed by atoms with Crippen LogP contribution in [0.3, 0.4) is 0 Å². The van der Waals surface area contributed by atoms with E-state index in [-0.39, 0.29) is 31.6 Å². The van der Waals surface area contributed by atoms with Gasteiger partial charge >= 0.3 is 0 Å². The van der Waals surface area contributed by atoms with Crippen LogP contribution in [0.25, 0.3) is 33.2 Å². The first-order chi connectivity index (χ1) is 27.2. The van der Waals surface area contributed by atoms with Crippen molar-refractivity contribution in [3.63, 3.8) is 0 Å². The van der Waals surface area contributed by atoms with Crippen molar-refractivity contribution in [1.29, 1.82) is 0 Å². The molecular formula is C49H50IrN2OSi-2. The van der Waals surface area contributed by atoms with E-state index in [0.717, 1.165) is 44.1 Å². The molecule has 0 saturated carbocycles. The van der Waals surface area contributed by atoms with Crippen molar-refractivity contribution >= 4 is 46.6 Å². The second-order valence-corrected chi connectivity index (χ2v) is 21.3. The quantitative estimate of drug-likeness (QED) is 0.127. The van der Waals surface area contributed by atoms with Crippen LogP contribution in [0.4, 0.5) is 5.69 Å². The van der Waals surface area contributed by atoms with Crippen molar-refractivity contribution in [2.45, 2.75) is 80.3 Å². The van der Waals surface area contributed by atoms with Gasteiger partial charge in [-0.3, -0.25) is 4.99 Å². The minimum atomic E-state index is -2.17. The zero-order valence-corrected chi connectivity index (χ0v) is 35.9. The van der Waals surface area contributed by atoms with Gasteiger partial charge in [0.15, 0.2) is 0 Å². The minimum absolute atomic E-state index is 0. The summed E-state index contributed by atoms with van der Waals surface area (Å²) in [7, 11) is -1.81. The Hall–Kier alpha value is -4.41. The molecule has 0 spiro atoms. The van der Waals surface area contributed by atoms with Crippen LogP contribution in [0, 0.1) is 45.2 Å². The second-order valence-electron chi connectivity index (χ2n) is 16.2.